The van der Waals surface area contributed by atoms with Crippen LogP contribution >= 0.6 is 15.9 Å². The average Bonchev–Trinajstić information content (AvgIpc) is 2.61. The van der Waals surface area contributed by atoms with Gasteiger partial charge in [0.25, 0.3) is 0 Å². The van der Waals surface area contributed by atoms with Crippen molar-refractivity contribution < 1.29 is 9.13 Å². The Bertz CT molecular complexity index is 719. The molecule has 0 saturated heterocycles. The molecule has 4 heteroatoms. The van der Waals surface area contributed by atoms with Gasteiger partial charge >= 0.3 is 0 Å². The predicted octanol–water partition coefficient (Wildman–Crippen LogP) is 5.78. The van der Waals surface area contributed by atoms with Crippen molar-refractivity contribution in [3.05, 3.63) is 94.2 Å². The zero-order chi connectivity index (χ0) is 16.8. The Balaban J connectivity index is 1.64. The van der Waals surface area contributed by atoms with E-state index in [4.69, 9.17) is 4.74 Å². The average molecular weight is 386 g/mol. The highest BCUT2D eigenvalue weighted by Gasteiger charge is 2.04. The zero-order valence-electron chi connectivity index (χ0n) is 13.0. The fraction of sp³-hybridized carbons (Fsp3) is 0.100. The zero-order valence-corrected chi connectivity index (χ0v) is 14.6. The Labute approximate surface area is 149 Å². The summed E-state index contributed by atoms with van der Waals surface area (Å²) in [6, 6.07) is 22.3. The highest BCUT2D eigenvalue weighted by molar-refractivity contribution is 9.10. The summed E-state index contributed by atoms with van der Waals surface area (Å²) in [7, 11) is 0. The molecule has 0 heterocycles. The van der Waals surface area contributed by atoms with E-state index in [0.717, 1.165) is 27.0 Å². The second-order valence-corrected chi connectivity index (χ2v) is 6.30. The molecule has 0 fully saturated rings. The minimum absolute atomic E-state index is 0.237. The molecule has 24 heavy (non-hydrogen) atoms. The van der Waals surface area contributed by atoms with Crippen LogP contribution in [-0.4, -0.2) is 0 Å². The molecule has 0 aliphatic carbocycles. The number of halogens is 2. The smallest absolute Gasteiger partial charge is 0.124 e. The first-order chi connectivity index (χ1) is 11.7. The van der Waals surface area contributed by atoms with Crippen LogP contribution in [0.5, 0.6) is 5.75 Å². The molecule has 122 valence electrons. The van der Waals surface area contributed by atoms with E-state index in [-0.39, 0.29) is 5.82 Å². The Morgan fingerprint density at radius 2 is 1.58 bits per heavy atom. The maximum absolute atomic E-state index is 12.9. The van der Waals surface area contributed by atoms with E-state index < -0.39 is 0 Å². The summed E-state index contributed by atoms with van der Waals surface area (Å²) in [6.45, 7) is 1.13. The van der Waals surface area contributed by atoms with Crippen LogP contribution in [0.25, 0.3) is 0 Å². The lowest BCUT2D eigenvalue weighted by Gasteiger charge is -2.13. The molecule has 0 saturated carbocycles. The van der Waals surface area contributed by atoms with Crippen LogP contribution in [0.4, 0.5) is 10.1 Å². The Hall–Kier alpha value is -2.33. The normalized spacial score (nSPS) is 10.4. The van der Waals surface area contributed by atoms with Crippen LogP contribution in [-0.2, 0) is 13.2 Å². The lowest BCUT2D eigenvalue weighted by atomic mass is 10.2. The fourth-order valence-corrected chi connectivity index (χ4v) is 2.56. The third kappa shape index (κ3) is 4.59. The van der Waals surface area contributed by atoms with Crippen molar-refractivity contribution in [2.75, 3.05) is 5.32 Å². The number of para-hydroxylation sites is 1. The third-order valence-electron chi connectivity index (χ3n) is 3.61. The molecule has 0 aromatic heterocycles. The molecule has 3 rings (SSSR count). The van der Waals surface area contributed by atoms with E-state index in [0.29, 0.717) is 13.2 Å². The second-order valence-electron chi connectivity index (χ2n) is 5.38. The van der Waals surface area contributed by atoms with E-state index in [1.807, 2.05) is 48.5 Å². The quantitative estimate of drug-likeness (QED) is 0.580. The molecule has 0 unspecified atom stereocenters. The molecule has 0 aliphatic heterocycles. The summed E-state index contributed by atoms with van der Waals surface area (Å²) in [5.74, 6) is 0.605. The number of hydrogen-bond acceptors (Lipinski definition) is 2. The molecule has 0 atom stereocenters. The molecule has 1 N–H and O–H groups in total. The van der Waals surface area contributed by atoms with Crippen LogP contribution in [0.2, 0.25) is 0 Å². The highest BCUT2D eigenvalue weighted by atomic mass is 79.9. The number of ether oxygens (including phenoxy) is 1. The van der Waals surface area contributed by atoms with E-state index in [2.05, 4.69) is 21.2 Å². The molecule has 3 aromatic carbocycles. The van der Waals surface area contributed by atoms with Gasteiger partial charge < -0.3 is 10.1 Å². The first-order valence-corrected chi connectivity index (χ1v) is 8.44. The summed E-state index contributed by atoms with van der Waals surface area (Å²) in [4.78, 5) is 0. The summed E-state index contributed by atoms with van der Waals surface area (Å²) >= 11 is 3.43. The van der Waals surface area contributed by atoms with Crippen molar-refractivity contribution in [2.45, 2.75) is 13.2 Å². The van der Waals surface area contributed by atoms with Gasteiger partial charge in [-0.3, -0.25) is 0 Å². The molecule has 0 radical (unpaired) electrons. The molecule has 2 nitrogen and oxygen atoms in total. The van der Waals surface area contributed by atoms with Gasteiger partial charge in [-0.05, 0) is 48.0 Å². The van der Waals surface area contributed by atoms with Gasteiger partial charge in [0.15, 0.2) is 0 Å². The largest absolute Gasteiger partial charge is 0.489 e. The molecular weight excluding hydrogens is 369 g/mol. The van der Waals surface area contributed by atoms with Gasteiger partial charge in [0.05, 0.1) is 0 Å². The van der Waals surface area contributed by atoms with E-state index in [1.54, 1.807) is 12.1 Å². The predicted molar refractivity (Wildman–Crippen MR) is 98.6 cm³/mol. The van der Waals surface area contributed by atoms with Crippen molar-refractivity contribution >= 4 is 21.6 Å². The summed E-state index contributed by atoms with van der Waals surface area (Å²) in [6.07, 6.45) is 0. The molecule has 0 spiro atoms. The van der Waals surface area contributed by atoms with E-state index in [9.17, 15) is 4.39 Å². The Kier molecular flexibility index (Phi) is 5.49. The minimum Gasteiger partial charge on any atom is -0.489 e. The maximum Gasteiger partial charge on any atom is 0.124 e. The van der Waals surface area contributed by atoms with Gasteiger partial charge in [0.2, 0.25) is 0 Å². The van der Waals surface area contributed by atoms with Crippen LogP contribution < -0.4 is 10.1 Å². The molecule has 0 aliphatic rings. The third-order valence-corrected chi connectivity index (χ3v) is 4.14. The Morgan fingerprint density at radius 1 is 0.875 bits per heavy atom. The van der Waals surface area contributed by atoms with Crippen LogP contribution in [0.1, 0.15) is 11.1 Å². The van der Waals surface area contributed by atoms with Gasteiger partial charge in [0, 0.05) is 22.3 Å². The first-order valence-electron chi connectivity index (χ1n) is 7.65. The number of benzene rings is 3. The van der Waals surface area contributed by atoms with Crippen molar-refractivity contribution in [2.24, 2.45) is 0 Å². The second kappa shape index (κ2) is 7.97. The number of nitrogens with one attached hydrogen (secondary N) is 1. The number of hydrogen-bond donors (Lipinski definition) is 1. The monoisotopic (exact) mass is 385 g/mol. The Morgan fingerprint density at radius 3 is 2.33 bits per heavy atom. The standard InChI is InChI=1S/C20H17BrFNO/c21-17-7-5-15(6-8-17)14-24-20-4-2-1-3-16(20)13-23-19-11-9-18(22)10-12-19/h1-12,23H,13-14H2. The highest BCUT2D eigenvalue weighted by Crippen LogP contribution is 2.21. The number of anilines is 1. The lowest BCUT2D eigenvalue weighted by molar-refractivity contribution is 0.303. The van der Waals surface area contributed by atoms with Crippen molar-refractivity contribution in [1.29, 1.82) is 0 Å². The topological polar surface area (TPSA) is 21.3 Å². The van der Waals surface area contributed by atoms with E-state index in [1.165, 1.54) is 12.1 Å². The summed E-state index contributed by atoms with van der Waals surface area (Å²) in [5, 5.41) is 3.28. The minimum atomic E-state index is -0.237. The summed E-state index contributed by atoms with van der Waals surface area (Å²) in [5.41, 5.74) is 3.04. The maximum atomic E-state index is 12.9. The van der Waals surface area contributed by atoms with Crippen LogP contribution in [0, 0.1) is 5.82 Å². The van der Waals surface area contributed by atoms with Gasteiger partial charge in [-0.1, -0.05) is 46.3 Å². The van der Waals surface area contributed by atoms with Crippen molar-refractivity contribution in [3.8, 4) is 5.75 Å². The fourth-order valence-electron chi connectivity index (χ4n) is 2.30. The molecule has 3 aromatic rings. The summed E-state index contributed by atoms with van der Waals surface area (Å²) < 4.78 is 20.0. The van der Waals surface area contributed by atoms with Gasteiger partial charge in [-0.15, -0.1) is 0 Å². The first kappa shape index (κ1) is 16.5. The van der Waals surface area contributed by atoms with Gasteiger partial charge in [0.1, 0.15) is 18.2 Å². The van der Waals surface area contributed by atoms with Crippen molar-refractivity contribution in [1.82, 2.24) is 0 Å². The van der Waals surface area contributed by atoms with E-state index >= 15 is 0 Å². The van der Waals surface area contributed by atoms with Gasteiger partial charge in [-0.2, -0.15) is 0 Å². The molecular formula is C20H17BrFNO. The molecule has 0 bridgehead atoms. The molecule has 0 amide bonds. The SMILES string of the molecule is Fc1ccc(NCc2ccccc2OCc2ccc(Br)cc2)cc1. The van der Waals surface area contributed by atoms with Gasteiger partial charge in [-0.25, -0.2) is 4.39 Å². The van der Waals surface area contributed by atoms with Crippen LogP contribution in [0.15, 0.2) is 77.3 Å². The van der Waals surface area contributed by atoms with Crippen molar-refractivity contribution in [3.63, 3.8) is 0 Å². The number of rotatable bonds is 6. The van der Waals surface area contributed by atoms with Crippen LogP contribution in [0.3, 0.4) is 0 Å². The lowest BCUT2D eigenvalue weighted by Crippen LogP contribution is -2.03.